The number of hydrogen-bond acceptors (Lipinski definition) is 2. The van der Waals surface area contributed by atoms with Crippen LogP contribution in [0.2, 0.25) is 0 Å². The Morgan fingerprint density at radius 2 is 2.38 bits per heavy atom. The minimum atomic E-state index is -0.856. The lowest BCUT2D eigenvalue weighted by Crippen LogP contribution is -2.08. The maximum atomic E-state index is 13.0. The molecule has 0 saturated carbocycles. The first-order chi connectivity index (χ1) is 6.15. The zero-order valence-corrected chi connectivity index (χ0v) is 8.51. The first kappa shape index (κ1) is 10.4. The highest BCUT2D eigenvalue weighted by molar-refractivity contribution is 9.11. The summed E-state index contributed by atoms with van der Waals surface area (Å²) in [5.41, 5.74) is 0. The quantitative estimate of drug-likeness (QED) is 0.546. The van der Waals surface area contributed by atoms with Crippen molar-refractivity contribution in [2.24, 2.45) is 11.1 Å². The van der Waals surface area contributed by atoms with Gasteiger partial charge in [0, 0.05) is 0 Å². The van der Waals surface area contributed by atoms with Gasteiger partial charge in [-0.3, -0.25) is 0 Å². The molecule has 1 aliphatic carbocycles. The second kappa shape index (κ2) is 4.50. The summed E-state index contributed by atoms with van der Waals surface area (Å²) in [6, 6.07) is 0. The maximum absolute atomic E-state index is 13.0. The van der Waals surface area contributed by atoms with Crippen LogP contribution < -0.4 is 0 Å². The zero-order valence-electron chi connectivity index (χ0n) is 6.93. The molecule has 0 N–H and O–H groups in total. The number of allylic oxidation sites excluding steroid dienone is 4. The van der Waals surface area contributed by atoms with E-state index in [0.717, 1.165) is 6.08 Å². The lowest BCUT2D eigenvalue weighted by Gasteiger charge is -2.13. The van der Waals surface area contributed by atoms with E-state index in [2.05, 4.69) is 25.9 Å². The monoisotopic (exact) mass is 251 g/mol. The molecule has 0 aromatic carbocycles. The molecular formula is C8H8BrF2NO. The molecule has 2 nitrogen and oxygen atoms in total. The molecule has 1 atom stereocenters. The predicted molar refractivity (Wildman–Crippen MR) is 49.9 cm³/mol. The highest BCUT2D eigenvalue weighted by Crippen LogP contribution is 2.32. The molecular weight excluding hydrogens is 244 g/mol. The van der Waals surface area contributed by atoms with Crippen molar-refractivity contribution in [1.29, 1.82) is 0 Å². The largest absolute Gasteiger partial charge is 0.399 e. The Morgan fingerprint density at radius 1 is 1.69 bits per heavy atom. The lowest BCUT2D eigenvalue weighted by atomic mass is 10.0. The van der Waals surface area contributed by atoms with Crippen molar-refractivity contribution in [3.63, 3.8) is 0 Å². The number of rotatable bonds is 2. The van der Waals surface area contributed by atoms with E-state index in [1.165, 1.54) is 13.3 Å². The molecule has 0 aromatic rings. The summed E-state index contributed by atoms with van der Waals surface area (Å²) in [6.45, 7) is 0. The smallest absolute Gasteiger partial charge is 0.156 e. The van der Waals surface area contributed by atoms with Crippen LogP contribution in [0.15, 0.2) is 27.4 Å². The Hall–Kier alpha value is -0.710. The fraction of sp³-hybridized carbons (Fsp3) is 0.375. The van der Waals surface area contributed by atoms with Crippen LogP contribution in [-0.4, -0.2) is 13.3 Å². The number of oxime groups is 1. The van der Waals surface area contributed by atoms with Gasteiger partial charge in [0.25, 0.3) is 0 Å². The summed E-state index contributed by atoms with van der Waals surface area (Å²) in [6.07, 6.45) is 2.72. The molecule has 0 bridgehead atoms. The minimum absolute atomic E-state index is 0.367. The van der Waals surface area contributed by atoms with Crippen molar-refractivity contribution in [3.05, 3.63) is 22.2 Å². The normalized spacial score (nSPS) is 23.7. The fourth-order valence-corrected chi connectivity index (χ4v) is 1.54. The van der Waals surface area contributed by atoms with Gasteiger partial charge in [0.1, 0.15) is 12.9 Å². The van der Waals surface area contributed by atoms with Crippen molar-refractivity contribution in [2.45, 2.75) is 6.42 Å². The average Bonchev–Trinajstić information content (AvgIpc) is 2.09. The van der Waals surface area contributed by atoms with E-state index in [4.69, 9.17) is 0 Å². The number of hydrogen-bond donors (Lipinski definition) is 0. The van der Waals surface area contributed by atoms with Crippen molar-refractivity contribution in [1.82, 2.24) is 0 Å². The van der Waals surface area contributed by atoms with Crippen LogP contribution in [0.5, 0.6) is 0 Å². The highest BCUT2D eigenvalue weighted by Gasteiger charge is 2.22. The van der Waals surface area contributed by atoms with Gasteiger partial charge in [0.15, 0.2) is 5.83 Å². The van der Waals surface area contributed by atoms with Gasteiger partial charge in [0.2, 0.25) is 0 Å². The van der Waals surface area contributed by atoms with Gasteiger partial charge < -0.3 is 4.84 Å². The molecule has 1 unspecified atom stereocenters. The van der Waals surface area contributed by atoms with Crippen LogP contribution in [0.3, 0.4) is 0 Å². The van der Waals surface area contributed by atoms with Crippen molar-refractivity contribution in [2.75, 3.05) is 7.11 Å². The summed E-state index contributed by atoms with van der Waals surface area (Å²) in [7, 11) is 1.35. The first-order valence-corrected chi connectivity index (χ1v) is 4.42. The van der Waals surface area contributed by atoms with Crippen molar-refractivity contribution < 1.29 is 13.6 Å². The molecule has 0 heterocycles. The zero-order chi connectivity index (χ0) is 9.84. The molecule has 0 fully saturated rings. The van der Waals surface area contributed by atoms with Gasteiger partial charge in [-0.1, -0.05) is 21.1 Å². The fourth-order valence-electron chi connectivity index (χ4n) is 0.995. The molecule has 5 heteroatoms. The van der Waals surface area contributed by atoms with E-state index in [-0.39, 0.29) is 0 Å². The van der Waals surface area contributed by atoms with Gasteiger partial charge in [-0.25, -0.2) is 8.78 Å². The van der Waals surface area contributed by atoms with Gasteiger partial charge in [-0.15, -0.1) is 0 Å². The second-order valence-corrected chi connectivity index (χ2v) is 3.55. The third-order valence-electron chi connectivity index (χ3n) is 1.60. The van der Waals surface area contributed by atoms with Crippen LogP contribution in [0.25, 0.3) is 0 Å². The summed E-state index contributed by atoms with van der Waals surface area (Å²) in [5.74, 6) is -2.32. The molecule has 0 aromatic heterocycles. The standard InChI is InChI=1S/C8H8BrF2NO/c1-13-12-4-5-2-6(9)3-7(10)8(5)11/h3-5H,2H2,1H3/b12-4+. The van der Waals surface area contributed by atoms with Crippen LogP contribution in [0.4, 0.5) is 8.78 Å². The minimum Gasteiger partial charge on any atom is -0.399 e. The Kier molecular flexibility index (Phi) is 3.59. The van der Waals surface area contributed by atoms with E-state index >= 15 is 0 Å². The summed E-state index contributed by atoms with van der Waals surface area (Å²) in [5, 5.41) is 3.40. The Morgan fingerprint density at radius 3 is 3.00 bits per heavy atom. The van der Waals surface area contributed by atoms with Crippen LogP contribution in [0.1, 0.15) is 6.42 Å². The number of nitrogens with zero attached hydrogens (tertiary/aromatic N) is 1. The molecule has 0 spiro atoms. The molecule has 72 valence electrons. The molecule has 1 rings (SSSR count). The van der Waals surface area contributed by atoms with Crippen molar-refractivity contribution in [3.8, 4) is 0 Å². The van der Waals surface area contributed by atoms with E-state index in [1.54, 1.807) is 0 Å². The molecule has 0 saturated heterocycles. The maximum Gasteiger partial charge on any atom is 0.156 e. The van der Waals surface area contributed by atoms with E-state index in [1.807, 2.05) is 0 Å². The molecule has 0 radical (unpaired) electrons. The third-order valence-corrected chi connectivity index (χ3v) is 2.15. The Bertz CT molecular complexity index is 286. The Labute approximate surface area is 83.1 Å². The van der Waals surface area contributed by atoms with Gasteiger partial charge >= 0.3 is 0 Å². The topological polar surface area (TPSA) is 21.6 Å². The van der Waals surface area contributed by atoms with Crippen LogP contribution in [-0.2, 0) is 4.84 Å². The first-order valence-electron chi connectivity index (χ1n) is 3.63. The predicted octanol–water partition coefficient (Wildman–Crippen LogP) is 3.07. The van der Waals surface area contributed by atoms with Gasteiger partial charge in [-0.2, -0.15) is 0 Å². The van der Waals surface area contributed by atoms with Gasteiger partial charge in [-0.05, 0) is 17.0 Å². The van der Waals surface area contributed by atoms with Gasteiger partial charge in [0.05, 0.1) is 12.1 Å². The van der Waals surface area contributed by atoms with E-state index < -0.39 is 17.6 Å². The molecule has 0 amide bonds. The summed E-state index contributed by atoms with van der Waals surface area (Å²) >= 11 is 3.11. The van der Waals surface area contributed by atoms with E-state index in [0.29, 0.717) is 10.9 Å². The molecule has 0 aliphatic heterocycles. The highest BCUT2D eigenvalue weighted by atomic mass is 79.9. The van der Waals surface area contributed by atoms with Crippen LogP contribution >= 0.6 is 15.9 Å². The summed E-state index contributed by atoms with van der Waals surface area (Å²) < 4.78 is 26.4. The van der Waals surface area contributed by atoms with E-state index in [9.17, 15) is 8.78 Å². The molecule has 1 aliphatic rings. The third kappa shape index (κ3) is 2.62. The lowest BCUT2D eigenvalue weighted by molar-refractivity contribution is 0.213. The van der Waals surface area contributed by atoms with Crippen molar-refractivity contribution >= 4 is 22.1 Å². The molecule has 13 heavy (non-hydrogen) atoms. The number of halogens is 3. The SMILES string of the molecule is CO/N=C/C1CC(Br)=CC(F)=C1F. The Balaban J connectivity index is 2.80. The second-order valence-electron chi connectivity index (χ2n) is 2.53. The average molecular weight is 252 g/mol. The summed E-state index contributed by atoms with van der Waals surface area (Å²) in [4.78, 5) is 4.39. The van der Waals surface area contributed by atoms with Crippen LogP contribution in [0, 0.1) is 5.92 Å².